The molecule has 1 aliphatic heterocycles. The van der Waals surface area contributed by atoms with Crippen LogP contribution in [0.1, 0.15) is 18.4 Å². The van der Waals surface area contributed by atoms with Gasteiger partial charge in [0.1, 0.15) is 6.33 Å². The lowest BCUT2D eigenvalue weighted by atomic mass is 10.2. The molecule has 0 saturated carbocycles. The maximum atomic E-state index is 12.1. The molecule has 4 rings (SSSR count). The van der Waals surface area contributed by atoms with Gasteiger partial charge in [0.05, 0.1) is 0 Å². The number of hydrogen-bond acceptors (Lipinski definition) is 7. The third kappa shape index (κ3) is 5.99. The van der Waals surface area contributed by atoms with Crippen molar-refractivity contribution in [3.8, 4) is 11.4 Å². The molecule has 0 atom stereocenters. The number of amides is 1. The average molecular weight is 418 g/mol. The van der Waals surface area contributed by atoms with Crippen LogP contribution in [0.4, 0.5) is 17.3 Å². The lowest BCUT2D eigenvalue weighted by molar-refractivity contribution is -0.121. The second kappa shape index (κ2) is 9.99. The molecule has 0 unspecified atom stereocenters. The SMILES string of the molecule is CN1CCC(=O)NCCCNc2cccc(c2)-c2ncnc(n2)Nc2cccc(c2)C1. The summed E-state index contributed by atoms with van der Waals surface area (Å²) < 4.78 is 0. The van der Waals surface area contributed by atoms with Crippen molar-refractivity contribution in [1.82, 2.24) is 25.2 Å². The van der Waals surface area contributed by atoms with E-state index in [0.29, 0.717) is 31.3 Å². The molecule has 2 heterocycles. The molecule has 8 nitrogen and oxygen atoms in total. The van der Waals surface area contributed by atoms with Gasteiger partial charge >= 0.3 is 0 Å². The van der Waals surface area contributed by atoms with Crippen molar-refractivity contribution in [3.63, 3.8) is 0 Å². The van der Waals surface area contributed by atoms with Crippen LogP contribution in [-0.2, 0) is 11.3 Å². The van der Waals surface area contributed by atoms with Crippen LogP contribution in [-0.4, -0.2) is 52.4 Å². The minimum atomic E-state index is 0.0837. The first-order chi connectivity index (χ1) is 15.2. The molecular weight excluding hydrogens is 390 g/mol. The van der Waals surface area contributed by atoms with E-state index < -0.39 is 0 Å². The van der Waals surface area contributed by atoms with Crippen LogP contribution in [0.5, 0.6) is 0 Å². The Morgan fingerprint density at radius 1 is 0.968 bits per heavy atom. The van der Waals surface area contributed by atoms with Crippen LogP contribution in [0, 0.1) is 0 Å². The first kappa shape index (κ1) is 20.7. The topological polar surface area (TPSA) is 95.1 Å². The Kier molecular flexibility index (Phi) is 6.68. The summed E-state index contributed by atoms with van der Waals surface area (Å²) in [6.07, 6.45) is 2.85. The quantitative estimate of drug-likeness (QED) is 0.517. The largest absolute Gasteiger partial charge is 0.385 e. The molecule has 1 amide bonds. The van der Waals surface area contributed by atoms with Crippen LogP contribution < -0.4 is 16.0 Å². The van der Waals surface area contributed by atoms with E-state index in [9.17, 15) is 4.79 Å². The number of fused-ring (bicyclic) bond motifs is 7. The first-order valence-electron chi connectivity index (χ1n) is 10.5. The summed E-state index contributed by atoms with van der Waals surface area (Å²) in [7, 11) is 2.02. The second-order valence-electron chi connectivity index (χ2n) is 7.66. The number of carbonyl (C=O) groups excluding carboxylic acids is 1. The molecule has 2 aromatic carbocycles. The summed E-state index contributed by atoms with van der Waals surface area (Å²) in [6.45, 7) is 2.87. The predicted octanol–water partition coefficient (Wildman–Crippen LogP) is 3.04. The van der Waals surface area contributed by atoms with Crippen LogP contribution >= 0.6 is 0 Å². The zero-order valence-electron chi connectivity index (χ0n) is 17.6. The molecule has 3 aromatic rings. The summed E-state index contributed by atoms with van der Waals surface area (Å²) in [5, 5.41) is 9.67. The molecule has 1 aromatic heterocycles. The Balaban J connectivity index is 1.60. The van der Waals surface area contributed by atoms with Gasteiger partial charge in [-0.05, 0) is 43.3 Å². The maximum absolute atomic E-state index is 12.1. The van der Waals surface area contributed by atoms with Gasteiger partial charge in [-0.2, -0.15) is 4.98 Å². The van der Waals surface area contributed by atoms with E-state index in [2.05, 4.69) is 47.9 Å². The lowest BCUT2D eigenvalue weighted by Crippen LogP contribution is -2.30. The number of aromatic nitrogens is 3. The van der Waals surface area contributed by atoms with Crippen molar-refractivity contribution in [2.45, 2.75) is 19.4 Å². The van der Waals surface area contributed by atoms with E-state index in [1.165, 1.54) is 6.33 Å². The predicted molar refractivity (Wildman–Crippen MR) is 122 cm³/mol. The number of benzene rings is 2. The van der Waals surface area contributed by atoms with Crippen LogP contribution in [0.25, 0.3) is 11.4 Å². The summed E-state index contributed by atoms with van der Waals surface area (Å²) in [6, 6.07) is 16.1. The number of nitrogens with one attached hydrogen (secondary N) is 3. The third-order valence-electron chi connectivity index (χ3n) is 5.05. The molecule has 6 bridgehead atoms. The van der Waals surface area contributed by atoms with Crippen molar-refractivity contribution in [2.75, 3.05) is 37.3 Å². The third-order valence-corrected chi connectivity index (χ3v) is 5.05. The number of nitrogens with zero attached hydrogens (tertiary/aromatic N) is 4. The highest BCUT2D eigenvalue weighted by molar-refractivity contribution is 5.76. The summed E-state index contributed by atoms with van der Waals surface area (Å²) in [4.78, 5) is 27.5. The average Bonchev–Trinajstić information content (AvgIpc) is 2.78. The summed E-state index contributed by atoms with van der Waals surface area (Å²) in [5.74, 6) is 1.19. The molecule has 1 aliphatic rings. The Labute approximate surface area is 182 Å². The van der Waals surface area contributed by atoms with Gasteiger partial charge in [0, 0.05) is 49.5 Å². The van der Waals surface area contributed by atoms with Gasteiger partial charge in [-0.15, -0.1) is 0 Å². The van der Waals surface area contributed by atoms with E-state index in [4.69, 9.17) is 0 Å². The van der Waals surface area contributed by atoms with Gasteiger partial charge < -0.3 is 20.9 Å². The van der Waals surface area contributed by atoms with Gasteiger partial charge in [0.25, 0.3) is 0 Å². The smallest absolute Gasteiger partial charge is 0.230 e. The zero-order valence-corrected chi connectivity index (χ0v) is 17.6. The van der Waals surface area contributed by atoms with E-state index in [1.54, 1.807) is 0 Å². The van der Waals surface area contributed by atoms with Crippen LogP contribution in [0.15, 0.2) is 54.9 Å². The summed E-state index contributed by atoms with van der Waals surface area (Å²) >= 11 is 0. The fraction of sp³-hybridized carbons (Fsp3) is 0.304. The standard InChI is InChI=1S/C23H27N7O/c1-30-12-9-21(31)25-11-4-10-24-19-7-3-6-18(14-19)22-26-16-27-23(29-22)28-20-8-2-5-17(13-20)15-30/h2-3,5-8,13-14,16,24H,4,9-12,15H2,1H3,(H,25,31)(H,26,27,28,29). The Morgan fingerprint density at radius 3 is 2.74 bits per heavy atom. The molecule has 3 N–H and O–H groups in total. The number of carbonyl (C=O) groups is 1. The highest BCUT2D eigenvalue weighted by Crippen LogP contribution is 2.21. The van der Waals surface area contributed by atoms with Crippen molar-refractivity contribution in [2.24, 2.45) is 0 Å². The van der Waals surface area contributed by atoms with Crippen molar-refractivity contribution in [1.29, 1.82) is 0 Å². The normalized spacial score (nSPS) is 15.8. The fourth-order valence-corrected chi connectivity index (χ4v) is 3.46. The molecule has 31 heavy (non-hydrogen) atoms. The van der Waals surface area contributed by atoms with E-state index in [1.807, 2.05) is 43.4 Å². The van der Waals surface area contributed by atoms with E-state index >= 15 is 0 Å². The zero-order chi connectivity index (χ0) is 21.5. The molecule has 8 heteroatoms. The summed E-state index contributed by atoms with van der Waals surface area (Å²) in [5.41, 5.74) is 3.96. The fourth-order valence-electron chi connectivity index (χ4n) is 3.46. The van der Waals surface area contributed by atoms with E-state index in [0.717, 1.165) is 42.0 Å². The highest BCUT2D eigenvalue weighted by Gasteiger charge is 2.08. The number of anilines is 3. The number of hydrogen-bond donors (Lipinski definition) is 3. The van der Waals surface area contributed by atoms with Gasteiger partial charge in [-0.1, -0.05) is 24.3 Å². The molecule has 0 aliphatic carbocycles. The van der Waals surface area contributed by atoms with Crippen molar-refractivity contribution in [3.05, 3.63) is 60.4 Å². The minimum absolute atomic E-state index is 0.0837. The van der Waals surface area contributed by atoms with Crippen molar-refractivity contribution < 1.29 is 4.79 Å². The maximum Gasteiger partial charge on any atom is 0.230 e. The lowest BCUT2D eigenvalue weighted by Gasteiger charge is -2.17. The number of rotatable bonds is 0. The van der Waals surface area contributed by atoms with Gasteiger partial charge in [0.2, 0.25) is 11.9 Å². The van der Waals surface area contributed by atoms with Gasteiger partial charge in [0.15, 0.2) is 5.82 Å². The molecule has 0 radical (unpaired) electrons. The molecule has 0 spiro atoms. The second-order valence-corrected chi connectivity index (χ2v) is 7.66. The van der Waals surface area contributed by atoms with Crippen LogP contribution in [0.3, 0.4) is 0 Å². The van der Waals surface area contributed by atoms with Gasteiger partial charge in [-0.3, -0.25) is 4.79 Å². The molecule has 160 valence electrons. The molecule has 0 saturated heterocycles. The van der Waals surface area contributed by atoms with Gasteiger partial charge in [-0.25, -0.2) is 9.97 Å². The highest BCUT2D eigenvalue weighted by atomic mass is 16.1. The Morgan fingerprint density at radius 2 is 1.81 bits per heavy atom. The van der Waals surface area contributed by atoms with Crippen LogP contribution in [0.2, 0.25) is 0 Å². The Hall–Kier alpha value is -3.52. The van der Waals surface area contributed by atoms with E-state index in [-0.39, 0.29) is 5.91 Å². The Bertz CT molecular complexity index is 1040. The first-order valence-corrected chi connectivity index (χ1v) is 10.5. The molecule has 0 fully saturated rings. The monoisotopic (exact) mass is 417 g/mol. The van der Waals surface area contributed by atoms with Crippen molar-refractivity contribution >= 4 is 23.2 Å². The minimum Gasteiger partial charge on any atom is -0.385 e. The molecular formula is C23H27N7O.